The van der Waals surface area contributed by atoms with Crippen LogP contribution in [-0.2, 0) is 6.42 Å². The maximum Gasteiger partial charge on any atom is 0.331 e. The number of carbonyl (C=O) groups excluding carboxylic acids is 1. The number of imidazole rings is 1. The smallest absolute Gasteiger partial charge is 0.331 e. The van der Waals surface area contributed by atoms with Crippen LogP contribution in [0.2, 0.25) is 0 Å². The monoisotopic (exact) mass is 405 g/mol. The molecule has 6 nitrogen and oxygen atoms in total. The third-order valence-electron chi connectivity index (χ3n) is 7.65. The second kappa shape index (κ2) is 6.43. The Labute approximate surface area is 178 Å². The molecule has 2 aromatic rings. The van der Waals surface area contributed by atoms with Gasteiger partial charge in [0, 0.05) is 12.5 Å². The molecule has 1 saturated carbocycles. The first kappa shape index (κ1) is 19.3. The van der Waals surface area contributed by atoms with Gasteiger partial charge in [0.15, 0.2) is 11.7 Å². The number of H-pyrrole nitrogens is 1. The van der Waals surface area contributed by atoms with Crippen LogP contribution in [0.5, 0.6) is 0 Å². The molecule has 1 aromatic carbocycles. The normalized spacial score (nSPS) is 24.0. The summed E-state index contributed by atoms with van der Waals surface area (Å²) >= 11 is 0. The van der Waals surface area contributed by atoms with Gasteiger partial charge in [0.1, 0.15) is 11.5 Å². The van der Waals surface area contributed by atoms with E-state index in [9.17, 15) is 4.79 Å². The molecule has 0 unspecified atom stereocenters. The number of amides is 2. The molecule has 6 heteroatoms. The highest BCUT2D eigenvalue weighted by molar-refractivity contribution is 6.18. The fourth-order valence-electron chi connectivity index (χ4n) is 5.36. The van der Waals surface area contributed by atoms with Crippen molar-refractivity contribution < 1.29 is 4.79 Å². The number of rotatable bonds is 5. The van der Waals surface area contributed by atoms with Crippen LogP contribution in [0.15, 0.2) is 35.3 Å². The Hall–Kier alpha value is -2.63. The summed E-state index contributed by atoms with van der Waals surface area (Å²) < 4.78 is 0. The molecule has 3 heterocycles. The van der Waals surface area contributed by atoms with Gasteiger partial charge in [0.2, 0.25) is 0 Å². The molecule has 1 aromatic heterocycles. The van der Waals surface area contributed by atoms with Gasteiger partial charge in [-0.1, -0.05) is 65.0 Å². The molecule has 1 atom stereocenters. The van der Waals surface area contributed by atoms with Crippen molar-refractivity contribution in [1.29, 1.82) is 0 Å². The molecule has 2 aliphatic heterocycles. The summed E-state index contributed by atoms with van der Waals surface area (Å²) in [6.07, 6.45) is 1.72. The number of nitrogens with one attached hydrogen (secondary N) is 1. The number of aromatic nitrogens is 2. The first-order valence-electron chi connectivity index (χ1n) is 11.1. The number of benzene rings is 1. The van der Waals surface area contributed by atoms with Crippen LogP contribution in [0.25, 0.3) is 0 Å². The summed E-state index contributed by atoms with van der Waals surface area (Å²) in [4.78, 5) is 30.5. The zero-order chi connectivity index (χ0) is 21.3. The molecule has 1 aliphatic carbocycles. The predicted octanol–water partition coefficient (Wildman–Crippen LogP) is 4.58. The lowest BCUT2D eigenvalue weighted by molar-refractivity contribution is 0.226. The van der Waals surface area contributed by atoms with Crippen molar-refractivity contribution in [3.63, 3.8) is 0 Å². The summed E-state index contributed by atoms with van der Waals surface area (Å²) in [5, 5.41) is 0. The highest BCUT2D eigenvalue weighted by Gasteiger charge is 2.67. The number of urea groups is 1. The maximum atomic E-state index is 13.3. The van der Waals surface area contributed by atoms with E-state index in [1.807, 2.05) is 15.9 Å². The molecule has 30 heavy (non-hydrogen) atoms. The number of hydrogen-bond donors (Lipinski definition) is 1. The first-order chi connectivity index (χ1) is 14.3. The summed E-state index contributed by atoms with van der Waals surface area (Å²) in [5.41, 5.74) is 2.52. The molecular formula is C24H31N5O. The summed E-state index contributed by atoms with van der Waals surface area (Å²) in [6.45, 7) is 12.6. The molecular weight excluding hydrogens is 374 g/mol. The van der Waals surface area contributed by atoms with E-state index < -0.39 is 0 Å². The molecule has 158 valence electrons. The highest BCUT2D eigenvalue weighted by atomic mass is 16.2. The summed E-state index contributed by atoms with van der Waals surface area (Å²) in [5.74, 6) is 2.86. The number of fused-ring (bicyclic) bond motifs is 3. The van der Waals surface area contributed by atoms with E-state index in [0.717, 1.165) is 36.0 Å². The number of aliphatic imine (C=N–C) groups is 1. The third-order valence-corrected chi connectivity index (χ3v) is 7.65. The van der Waals surface area contributed by atoms with Crippen LogP contribution in [0.3, 0.4) is 0 Å². The van der Waals surface area contributed by atoms with E-state index >= 15 is 0 Å². The van der Waals surface area contributed by atoms with E-state index in [2.05, 4.69) is 63.9 Å². The average Bonchev–Trinajstić information content (AvgIpc) is 3.12. The minimum atomic E-state index is 0.00558. The number of aromatic amines is 1. The zero-order valence-electron chi connectivity index (χ0n) is 18.6. The van der Waals surface area contributed by atoms with Crippen LogP contribution >= 0.6 is 0 Å². The average molecular weight is 406 g/mol. The van der Waals surface area contributed by atoms with E-state index in [1.165, 1.54) is 5.56 Å². The summed E-state index contributed by atoms with van der Waals surface area (Å²) in [7, 11) is 0. The second-order valence-corrected chi connectivity index (χ2v) is 10.0. The summed E-state index contributed by atoms with van der Waals surface area (Å²) in [6, 6.07) is 10.5. The lowest BCUT2D eigenvalue weighted by Gasteiger charge is -2.32. The third kappa shape index (κ3) is 2.65. The van der Waals surface area contributed by atoms with Crippen LogP contribution < -0.4 is 4.90 Å². The van der Waals surface area contributed by atoms with Crippen molar-refractivity contribution in [2.45, 2.75) is 59.4 Å². The lowest BCUT2D eigenvalue weighted by Crippen LogP contribution is -2.50. The van der Waals surface area contributed by atoms with Crippen LogP contribution in [0, 0.1) is 10.8 Å². The Morgan fingerprint density at radius 1 is 1.13 bits per heavy atom. The van der Waals surface area contributed by atoms with Gasteiger partial charge in [-0.2, -0.15) is 0 Å². The number of hydrogen-bond acceptors (Lipinski definition) is 3. The Morgan fingerprint density at radius 2 is 1.83 bits per heavy atom. The standard InChI is InChI=1S/C24H31N5O/c1-6-12-28-21-17(26-19(27-21)18-23(2,3)24(18,4)5)20-25-16(14-29(20)22(28)30)13-15-10-8-7-9-11-15/h7-11,16,18H,6,12-14H2,1-5H3,(H,26,27)/t16-/m1/s1. The first-order valence-corrected chi connectivity index (χ1v) is 11.1. The van der Waals surface area contributed by atoms with E-state index in [1.54, 1.807) is 0 Å². The minimum Gasteiger partial charge on any atom is -0.337 e. The minimum absolute atomic E-state index is 0.00558. The van der Waals surface area contributed by atoms with Crippen molar-refractivity contribution >= 4 is 17.7 Å². The van der Waals surface area contributed by atoms with Crippen LogP contribution in [0.1, 0.15) is 64.0 Å². The highest BCUT2D eigenvalue weighted by Crippen LogP contribution is 2.73. The largest absolute Gasteiger partial charge is 0.337 e. The van der Waals surface area contributed by atoms with Crippen molar-refractivity contribution in [3.05, 3.63) is 47.4 Å². The molecule has 0 bridgehead atoms. The fraction of sp³-hybridized carbons (Fsp3) is 0.542. The number of amidine groups is 1. The van der Waals surface area contributed by atoms with Crippen molar-refractivity contribution in [2.75, 3.05) is 18.0 Å². The Bertz CT molecular complexity index is 1010. The second-order valence-electron chi connectivity index (χ2n) is 10.0. The molecule has 0 saturated heterocycles. The molecule has 5 rings (SSSR count). The molecule has 0 spiro atoms. The van der Waals surface area contributed by atoms with Crippen LogP contribution in [-0.4, -0.2) is 45.9 Å². The van der Waals surface area contributed by atoms with Gasteiger partial charge in [0.25, 0.3) is 0 Å². The van der Waals surface area contributed by atoms with Gasteiger partial charge in [0.05, 0.1) is 12.6 Å². The fourth-order valence-corrected chi connectivity index (χ4v) is 5.36. The molecule has 1 N–H and O–H groups in total. The number of anilines is 1. The number of carbonyl (C=O) groups is 1. The zero-order valence-corrected chi connectivity index (χ0v) is 18.6. The SMILES string of the molecule is CCCN1C(=O)N2C[C@@H](Cc3ccccc3)N=C2c2[nH]c(C3C(C)(C)C3(C)C)nc21. The van der Waals surface area contributed by atoms with Crippen molar-refractivity contribution in [1.82, 2.24) is 14.9 Å². The number of nitrogens with zero attached hydrogens (tertiary/aromatic N) is 4. The van der Waals surface area contributed by atoms with Crippen LogP contribution in [0.4, 0.5) is 10.6 Å². The topological polar surface area (TPSA) is 64.6 Å². The van der Waals surface area contributed by atoms with E-state index in [4.69, 9.17) is 9.98 Å². The molecule has 0 radical (unpaired) electrons. The van der Waals surface area contributed by atoms with Crippen molar-refractivity contribution in [2.24, 2.45) is 15.8 Å². The quantitative estimate of drug-likeness (QED) is 0.791. The lowest BCUT2D eigenvalue weighted by atomic mass is 10.0. The van der Waals surface area contributed by atoms with Gasteiger partial charge in [-0.05, 0) is 29.2 Å². The Morgan fingerprint density at radius 3 is 2.47 bits per heavy atom. The molecule has 1 fully saturated rings. The van der Waals surface area contributed by atoms with Crippen molar-refractivity contribution in [3.8, 4) is 0 Å². The molecule has 3 aliphatic rings. The van der Waals surface area contributed by atoms with Gasteiger partial charge >= 0.3 is 6.03 Å². The maximum absolute atomic E-state index is 13.3. The van der Waals surface area contributed by atoms with E-state index in [0.29, 0.717) is 19.0 Å². The predicted molar refractivity (Wildman–Crippen MR) is 119 cm³/mol. The van der Waals surface area contributed by atoms with Gasteiger partial charge in [-0.25, -0.2) is 9.78 Å². The Kier molecular flexibility index (Phi) is 4.15. The van der Waals surface area contributed by atoms with E-state index in [-0.39, 0.29) is 22.9 Å². The Balaban J connectivity index is 1.52. The van der Waals surface area contributed by atoms with Gasteiger partial charge in [-0.3, -0.25) is 14.8 Å². The molecule has 2 amide bonds. The van der Waals surface area contributed by atoms with Gasteiger partial charge < -0.3 is 4.98 Å². The van der Waals surface area contributed by atoms with Gasteiger partial charge in [-0.15, -0.1) is 0 Å².